The summed E-state index contributed by atoms with van der Waals surface area (Å²) in [4.78, 5) is 0. The van der Waals surface area contributed by atoms with Crippen LogP contribution in [0.2, 0.25) is 0 Å². The lowest BCUT2D eigenvalue weighted by Crippen LogP contribution is -1.99. The average molecular weight is 192 g/mol. The molecule has 2 nitrogen and oxygen atoms in total. The van der Waals surface area contributed by atoms with Crippen LogP contribution in [0.5, 0.6) is 11.5 Å². The maximum Gasteiger partial charge on any atom is 0.161 e. The quantitative estimate of drug-likeness (QED) is 0.645. The smallest absolute Gasteiger partial charge is 0.161 e. The maximum absolute atomic E-state index is 5.52. The van der Waals surface area contributed by atoms with Gasteiger partial charge in [0.1, 0.15) is 6.61 Å². The molecule has 0 unspecified atom stereocenters. The van der Waals surface area contributed by atoms with E-state index >= 15 is 0 Å². The minimum Gasteiger partial charge on any atom is -0.490 e. The third kappa shape index (κ3) is 3.13. The van der Waals surface area contributed by atoms with Crippen molar-refractivity contribution < 1.29 is 9.47 Å². The zero-order valence-corrected chi connectivity index (χ0v) is 8.53. The molecule has 0 bridgehead atoms. The average Bonchev–Trinajstić information content (AvgIpc) is 2.24. The first-order valence-electron chi connectivity index (χ1n) is 4.84. The van der Waals surface area contributed by atoms with E-state index in [9.17, 15) is 0 Å². The van der Waals surface area contributed by atoms with E-state index in [1.54, 1.807) is 6.08 Å². The van der Waals surface area contributed by atoms with Crippen molar-refractivity contribution in [2.75, 3.05) is 13.2 Å². The number of ether oxygens (including phenoxy) is 2. The van der Waals surface area contributed by atoms with Gasteiger partial charge < -0.3 is 9.47 Å². The van der Waals surface area contributed by atoms with Gasteiger partial charge in [-0.25, -0.2) is 0 Å². The summed E-state index contributed by atoms with van der Waals surface area (Å²) in [6, 6.07) is 7.67. The van der Waals surface area contributed by atoms with Crippen LogP contribution in [0.25, 0.3) is 0 Å². The number of hydrogen-bond donors (Lipinski definition) is 0. The first kappa shape index (κ1) is 10.6. The summed E-state index contributed by atoms with van der Waals surface area (Å²) in [6.45, 7) is 6.90. The standard InChI is InChI=1S/C12H16O2/c1-3-9-13-11-7-5-6-8-12(11)14-10-4-2/h3,5-8H,1,4,9-10H2,2H3. The molecule has 0 aliphatic carbocycles. The summed E-state index contributed by atoms with van der Waals surface area (Å²) < 4.78 is 11.0. The van der Waals surface area contributed by atoms with Gasteiger partial charge in [0, 0.05) is 0 Å². The summed E-state index contributed by atoms with van der Waals surface area (Å²) in [7, 11) is 0. The largest absolute Gasteiger partial charge is 0.490 e. The molecule has 0 saturated carbocycles. The van der Waals surface area contributed by atoms with E-state index in [2.05, 4.69) is 13.5 Å². The molecule has 1 aromatic carbocycles. The van der Waals surface area contributed by atoms with E-state index in [1.807, 2.05) is 24.3 Å². The van der Waals surface area contributed by atoms with E-state index in [0.717, 1.165) is 17.9 Å². The predicted octanol–water partition coefficient (Wildman–Crippen LogP) is 3.04. The van der Waals surface area contributed by atoms with Crippen molar-refractivity contribution in [2.24, 2.45) is 0 Å². The van der Waals surface area contributed by atoms with Gasteiger partial charge in [-0.05, 0) is 18.6 Å². The Hall–Kier alpha value is -1.44. The van der Waals surface area contributed by atoms with Crippen molar-refractivity contribution in [3.63, 3.8) is 0 Å². The molecule has 0 heterocycles. The lowest BCUT2D eigenvalue weighted by Gasteiger charge is -2.10. The third-order valence-electron chi connectivity index (χ3n) is 1.67. The molecule has 1 rings (SSSR count). The van der Waals surface area contributed by atoms with E-state index in [-0.39, 0.29) is 0 Å². The minimum absolute atomic E-state index is 0.506. The molecule has 0 aromatic heterocycles. The van der Waals surface area contributed by atoms with Crippen LogP contribution in [-0.2, 0) is 0 Å². The van der Waals surface area contributed by atoms with Crippen LogP contribution in [0, 0.1) is 0 Å². The zero-order valence-electron chi connectivity index (χ0n) is 8.53. The van der Waals surface area contributed by atoms with Crippen LogP contribution in [0.3, 0.4) is 0 Å². The van der Waals surface area contributed by atoms with Gasteiger partial charge in [-0.3, -0.25) is 0 Å². The minimum atomic E-state index is 0.506. The van der Waals surface area contributed by atoms with Crippen LogP contribution in [0.1, 0.15) is 13.3 Å². The molecule has 0 aliphatic rings. The molecule has 0 amide bonds. The van der Waals surface area contributed by atoms with E-state index < -0.39 is 0 Å². The fourth-order valence-electron chi connectivity index (χ4n) is 1.05. The lowest BCUT2D eigenvalue weighted by molar-refractivity contribution is 0.284. The zero-order chi connectivity index (χ0) is 10.2. The van der Waals surface area contributed by atoms with E-state index in [4.69, 9.17) is 9.47 Å². The van der Waals surface area contributed by atoms with Gasteiger partial charge in [0.25, 0.3) is 0 Å². The summed E-state index contributed by atoms with van der Waals surface area (Å²) in [5.74, 6) is 1.58. The molecule has 0 fully saturated rings. The Balaban J connectivity index is 2.64. The van der Waals surface area contributed by atoms with Gasteiger partial charge in [0.05, 0.1) is 6.61 Å². The Morgan fingerprint density at radius 3 is 2.43 bits per heavy atom. The Labute approximate surface area is 85.2 Å². The van der Waals surface area contributed by atoms with Crippen LogP contribution >= 0.6 is 0 Å². The van der Waals surface area contributed by atoms with Crippen LogP contribution < -0.4 is 9.47 Å². The van der Waals surface area contributed by atoms with Crippen molar-refractivity contribution in [1.29, 1.82) is 0 Å². The molecule has 2 heteroatoms. The summed E-state index contributed by atoms with van der Waals surface area (Å²) in [6.07, 6.45) is 2.71. The summed E-state index contributed by atoms with van der Waals surface area (Å²) in [5, 5.41) is 0. The lowest BCUT2D eigenvalue weighted by atomic mass is 10.3. The highest BCUT2D eigenvalue weighted by atomic mass is 16.5. The van der Waals surface area contributed by atoms with Gasteiger partial charge in [-0.15, -0.1) is 0 Å². The van der Waals surface area contributed by atoms with Crippen molar-refractivity contribution >= 4 is 0 Å². The second-order valence-corrected chi connectivity index (χ2v) is 2.89. The molecular formula is C12H16O2. The fourth-order valence-corrected chi connectivity index (χ4v) is 1.05. The summed E-state index contributed by atoms with van der Waals surface area (Å²) >= 11 is 0. The number of rotatable bonds is 6. The summed E-state index contributed by atoms with van der Waals surface area (Å²) in [5.41, 5.74) is 0. The topological polar surface area (TPSA) is 18.5 Å². The molecule has 76 valence electrons. The molecule has 0 N–H and O–H groups in total. The van der Waals surface area contributed by atoms with Gasteiger partial charge in [0.2, 0.25) is 0 Å². The molecule has 0 aliphatic heterocycles. The molecule has 1 aromatic rings. The van der Waals surface area contributed by atoms with Gasteiger partial charge in [-0.2, -0.15) is 0 Å². The van der Waals surface area contributed by atoms with E-state index in [0.29, 0.717) is 13.2 Å². The van der Waals surface area contributed by atoms with Crippen molar-refractivity contribution in [3.05, 3.63) is 36.9 Å². The SMILES string of the molecule is C=CCOc1ccccc1OCCC. The highest BCUT2D eigenvalue weighted by Crippen LogP contribution is 2.26. The first-order valence-corrected chi connectivity index (χ1v) is 4.84. The molecule has 14 heavy (non-hydrogen) atoms. The molecule has 0 spiro atoms. The Morgan fingerprint density at radius 2 is 1.86 bits per heavy atom. The fraction of sp³-hybridized carbons (Fsp3) is 0.333. The van der Waals surface area contributed by atoms with Crippen LogP contribution in [-0.4, -0.2) is 13.2 Å². The number of hydrogen-bond acceptors (Lipinski definition) is 2. The van der Waals surface area contributed by atoms with Gasteiger partial charge in [0.15, 0.2) is 11.5 Å². The first-order chi connectivity index (χ1) is 6.88. The van der Waals surface area contributed by atoms with Gasteiger partial charge in [-0.1, -0.05) is 31.7 Å². The van der Waals surface area contributed by atoms with Crippen molar-refractivity contribution in [1.82, 2.24) is 0 Å². The molecular weight excluding hydrogens is 176 g/mol. The number of benzene rings is 1. The second-order valence-electron chi connectivity index (χ2n) is 2.89. The normalized spacial score (nSPS) is 9.50. The highest BCUT2D eigenvalue weighted by Gasteiger charge is 2.01. The predicted molar refractivity (Wildman–Crippen MR) is 57.9 cm³/mol. The maximum atomic E-state index is 5.52. The second kappa shape index (κ2) is 6.08. The number of para-hydroxylation sites is 2. The van der Waals surface area contributed by atoms with Crippen molar-refractivity contribution in [2.45, 2.75) is 13.3 Å². The third-order valence-corrected chi connectivity index (χ3v) is 1.67. The highest BCUT2D eigenvalue weighted by molar-refractivity contribution is 5.39. The molecule has 0 radical (unpaired) electrons. The molecule has 0 atom stereocenters. The molecule has 0 saturated heterocycles. The van der Waals surface area contributed by atoms with Crippen LogP contribution in [0.15, 0.2) is 36.9 Å². The Kier molecular flexibility index (Phi) is 4.62. The monoisotopic (exact) mass is 192 g/mol. The Bertz CT molecular complexity index is 281. The van der Waals surface area contributed by atoms with Gasteiger partial charge >= 0.3 is 0 Å². The Morgan fingerprint density at radius 1 is 1.21 bits per heavy atom. The van der Waals surface area contributed by atoms with E-state index in [1.165, 1.54) is 0 Å². The van der Waals surface area contributed by atoms with Crippen LogP contribution in [0.4, 0.5) is 0 Å². The van der Waals surface area contributed by atoms with Crippen molar-refractivity contribution in [3.8, 4) is 11.5 Å².